The number of aromatic nitrogens is 5. The summed E-state index contributed by atoms with van der Waals surface area (Å²) in [6.07, 6.45) is 10.7. The quantitative estimate of drug-likeness (QED) is 0.540. The lowest BCUT2D eigenvalue weighted by atomic mass is 10.1. The summed E-state index contributed by atoms with van der Waals surface area (Å²) in [6, 6.07) is 3.75. The molecule has 0 bridgehead atoms. The molecular formula is C20H18N6S. The molecule has 0 fully saturated rings. The van der Waals surface area contributed by atoms with Gasteiger partial charge in [0.15, 0.2) is 10.7 Å². The highest BCUT2D eigenvalue weighted by atomic mass is 32.1. The third-order valence-corrected chi connectivity index (χ3v) is 4.58. The van der Waals surface area contributed by atoms with Crippen LogP contribution in [0.3, 0.4) is 0 Å². The lowest BCUT2D eigenvalue weighted by Gasteiger charge is -2.22. The molecule has 0 saturated carbocycles. The van der Waals surface area contributed by atoms with Crippen LogP contribution in [-0.4, -0.2) is 29.9 Å². The Morgan fingerprint density at radius 2 is 1.85 bits per heavy atom. The standard InChI is InChI=1S/C20H18N6S/c1-20(2,3)25-19-18(24-16-13-22-10-11-26(16)19)15-12-23-17(27-15)5-4-14-6-8-21-9-7-14/h6-13,25H,1-3H3. The molecule has 4 heterocycles. The van der Waals surface area contributed by atoms with Crippen molar-refractivity contribution in [3.05, 3.63) is 59.9 Å². The van der Waals surface area contributed by atoms with Crippen LogP contribution in [0.15, 0.2) is 49.3 Å². The van der Waals surface area contributed by atoms with E-state index >= 15 is 0 Å². The number of rotatable bonds is 2. The van der Waals surface area contributed by atoms with Gasteiger partial charge in [0.25, 0.3) is 0 Å². The lowest BCUT2D eigenvalue weighted by Crippen LogP contribution is -2.27. The fourth-order valence-corrected chi connectivity index (χ4v) is 3.32. The van der Waals surface area contributed by atoms with Crippen LogP contribution in [0.5, 0.6) is 0 Å². The van der Waals surface area contributed by atoms with Gasteiger partial charge in [-0.2, -0.15) is 0 Å². The number of nitrogens with one attached hydrogen (secondary N) is 1. The van der Waals surface area contributed by atoms with E-state index in [0.717, 1.165) is 32.6 Å². The van der Waals surface area contributed by atoms with Crippen molar-refractivity contribution in [3.8, 4) is 22.4 Å². The molecule has 6 nitrogen and oxygen atoms in total. The Labute approximate surface area is 161 Å². The fourth-order valence-electron chi connectivity index (χ4n) is 2.56. The molecular weight excluding hydrogens is 356 g/mol. The van der Waals surface area contributed by atoms with Gasteiger partial charge in [0.1, 0.15) is 11.5 Å². The topological polar surface area (TPSA) is 68.0 Å². The highest BCUT2D eigenvalue weighted by Crippen LogP contribution is 2.33. The monoisotopic (exact) mass is 374 g/mol. The third kappa shape index (κ3) is 3.81. The molecule has 134 valence electrons. The maximum Gasteiger partial charge on any atom is 0.167 e. The zero-order valence-corrected chi connectivity index (χ0v) is 16.1. The Morgan fingerprint density at radius 3 is 2.63 bits per heavy atom. The Kier molecular flexibility index (Phi) is 4.34. The van der Waals surface area contributed by atoms with Crippen LogP contribution < -0.4 is 5.32 Å². The highest BCUT2D eigenvalue weighted by Gasteiger charge is 2.20. The Balaban J connectivity index is 1.74. The first-order valence-corrected chi connectivity index (χ1v) is 9.30. The summed E-state index contributed by atoms with van der Waals surface area (Å²) in [5.41, 5.74) is 2.45. The molecule has 0 amide bonds. The first-order valence-electron chi connectivity index (χ1n) is 8.48. The van der Waals surface area contributed by atoms with Crippen LogP contribution in [0.25, 0.3) is 16.2 Å². The van der Waals surface area contributed by atoms with Crippen molar-refractivity contribution in [1.82, 2.24) is 24.3 Å². The normalized spacial score (nSPS) is 11.2. The van der Waals surface area contributed by atoms with Crippen LogP contribution in [0, 0.1) is 11.8 Å². The summed E-state index contributed by atoms with van der Waals surface area (Å²) in [4.78, 5) is 18.3. The summed E-state index contributed by atoms with van der Waals surface area (Å²) in [5.74, 6) is 7.15. The Morgan fingerprint density at radius 1 is 1.04 bits per heavy atom. The van der Waals surface area contributed by atoms with Crippen molar-refractivity contribution < 1.29 is 0 Å². The molecule has 0 aliphatic rings. The molecule has 0 aromatic carbocycles. The van der Waals surface area contributed by atoms with Gasteiger partial charge in [0.2, 0.25) is 0 Å². The second-order valence-electron chi connectivity index (χ2n) is 7.00. The molecule has 27 heavy (non-hydrogen) atoms. The van der Waals surface area contributed by atoms with Gasteiger partial charge < -0.3 is 5.32 Å². The van der Waals surface area contributed by atoms with Crippen LogP contribution >= 0.6 is 11.3 Å². The van der Waals surface area contributed by atoms with Gasteiger partial charge >= 0.3 is 0 Å². The second-order valence-corrected chi connectivity index (χ2v) is 8.03. The maximum absolute atomic E-state index is 4.75. The number of imidazole rings is 1. The van der Waals surface area contributed by atoms with Gasteiger partial charge in [-0.25, -0.2) is 9.97 Å². The first kappa shape index (κ1) is 17.2. The number of fused-ring (bicyclic) bond motifs is 1. The molecule has 4 aromatic heterocycles. The van der Waals surface area contributed by atoms with Crippen LogP contribution in [0.1, 0.15) is 31.3 Å². The van der Waals surface area contributed by atoms with Crippen LogP contribution in [0.2, 0.25) is 0 Å². The highest BCUT2D eigenvalue weighted by molar-refractivity contribution is 7.15. The summed E-state index contributed by atoms with van der Waals surface area (Å²) in [7, 11) is 0. The van der Waals surface area contributed by atoms with Crippen molar-refractivity contribution >= 4 is 22.8 Å². The summed E-state index contributed by atoms with van der Waals surface area (Å²) >= 11 is 1.52. The molecule has 4 aromatic rings. The van der Waals surface area contributed by atoms with Crippen molar-refractivity contribution in [2.45, 2.75) is 26.3 Å². The summed E-state index contributed by atoms with van der Waals surface area (Å²) in [6.45, 7) is 6.36. The van der Waals surface area contributed by atoms with E-state index < -0.39 is 0 Å². The minimum Gasteiger partial charge on any atom is -0.365 e. The molecule has 1 N–H and O–H groups in total. The molecule has 7 heteroatoms. The van der Waals surface area contributed by atoms with E-state index in [0.29, 0.717) is 0 Å². The number of thiazole rings is 1. The van der Waals surface area contributed by atoms with Gasteiger partial charge in [-0.3, -0.25) is 14.4 Å². The van der Waals surface area contributed by atoms with Crippen molar-refractivity contribution in [2.24, 2.45) is 0 Å². The van der Waals surface area contributed by atoms with Gasteiger partial charge in [-0.05, 0) is 38.8 Å². The SMILES string of the molecule is CC(C)(C)Nc1c(-c2cnc(C#Cc3ccncc3)s2)nc2cnccn12. The number of nitrogens with zero attached hydrogens (tertiary/aromatic N) is 5. The average Bonchev–Trinajstić information content (AvgIpc) is 3.25. The number of hydrogen-bond acceptors (Lipinski definition) is 6. The van der Waals surface area contributed by atoms with E-state index in [1.165, 1.54) is 11.3 Å². The largest absolute Gasteiger partial charge is 0.365 e. The zero-order valence-electron chi connectivity index (χ0n) is 15.3. The summed E-state index contributed by atoms with van der Waals surface area (Å²) in [5, 5.41) is 4.30. The van der Waals surface area contributed by atoms with E-state index in [2.05, 4.69) is 52.9 Å². The Hall–Kier alpha value is -3.24. The van der Waals surface area contributed by atoms with E-state index in [9.17, 15) is 0 Å². The van der Waals surface area contributed by atoms with E-state index in [1.54, 1.807) is 24.8 Å². The predicted molar refractivity (Wildman–Crippen MR) is 108 cm³/mol. The number of pyridine rings is 1. The van der Waals surface area contributed by atoms with E-state index in [-0.39, 0.29) is 5.54 Å². The average molecular weight is 374 g/mol. The third-order valence-electron chi connectivity index (χ3n) is 3.66. The molecule has 0 atom stereocenters. The number of anilines is 1. The van der Waals surface area contributed by atoms with Gasteiger partial charge in [0.05, 0.1) is 11.1 Å². The molecule has 4 rings (SSSR count). The first-order chi connectivity index (χ1) is 13.0. The lowest BCUT2D eigenvalue weighted by molar-refractivity contribution is 0.629. The van der Waals surface area contributed by atoms with Crippen molar-refractivity contribution in [1.29, 1.82) is 0 Å². The number of hydrogen-bond donors (Lipinski definition) is 1. The molecule has 0 aliphatic heterocycles. The molecule has 0 unspecified atom stereocenters. The second kappa shape index (κ2) is 6.82. The Bertz CT molecular complexity index is 1140. The van der Waals surface area contributed by atoms with Crippen molar-refractivity contribution in [3.63, 3.8) is 0 Å². The van der Waals surface area contributed by atoms with Crippen molar-refractivity contribution in [2.75, 3.05) is 5.32 Å². The smallest absolute Gasteiger partial charge is 0.167 e. The predicted octanol–water partition coefficient (Wildman–Crippen LogP) is 3.86. The molecule has 0 saturated heterocycles. The fraction of sp³-hybridized carbons (Fsp3) is 0.200. The van der Waals surface area contributed by atoms with Crippen LogP contribution in [0.4, 0.5) is 5.82 Å². The minimum atomic E-state index is -0.108. The minimum absolute atomic E-state index is 0.108. The van der Waals surface area contributed by atoms with Gasteiger partial charge in [0, 0.05) is 42.1 Å². The molecule has 0 spiro atoms. The molecule has 0 radical (unpaired) electrons. The maximum atomic E-state index is 4.75. The molecule has 0 aliphatic carbocycles. The van der Waals surface area contributed by atoms with E-state index in [1.807, 2.05) is 28.9 Å². The zero-order chi connectivity index (χ0) is 18.9. The van der Waals surface area contributed by atoms with E-state index in [4.69, 9.17) is 4.98 Å². The van der Waals surface area contributed by atoms with Gasteiger partial charge in [-0.1, -0.05) is 5.92 Å². The summed E-state index contributed by atoms with van der Waals surface area (Å²) < 4.78 is 2.01. The van der Waals surface area contributed by atoms with Gasteiger partial charge in [-0.15, -0.1) is 11.3 Å². The van der Waals surface area contributed by atoms with Crippen LogP contribution in [-0.2, 0) is 0 Å².